The Bertz CT molecular complexity index is 663. The number of carboxylic acids is 1. The summed E-state index contributed by atoms with van der Waals surface area (Å²) in [5.74, 6) is -0.993. The van der Waals surface area contributed by atoms with Gasteiger partial charge in [0.2, 0.25) is 0 Å². The number of carbonyl (C=O) groups is 1. The summed E-state index contributed by atoms with van der Waals surface area (Å²) in [6.07, 6.45) is 0.586. The lowest BCUT2D eigenvalue weighted by molar-refractivity contribution is 0.0686. The summed E-state index contributed by atoms with van der Waals surface area (Å²) in [6.45, 7) is 3.52. The van der Waals surface area contributed by atoms with Gasteiger partial charge < -0.3 is 14.4 Å². The molecule has 20 heavy (non-hydrogen) atoms. The van der Waals surface area contributed by atoms with E-state index in [1.54, 1.807) is 6.92 Å². The Morgan fingerprint density at radius 3 is 2.70 bits per heavy atom. The van der Waals surface area contributed by atoms with E-state index < -0.39 is 11.8 Å². The summed E-state index contributed by atoms with van der Waals surface area (Å²) < 4.78 is 24.2. The normalized spacial score (nSPS) is 10.6. The van der Waals surface area contributed by atoms with Gasteiger partial charge in [-0.1, -0.05) is 12.1 Å². The topological polar surface area (TPSA) is 72.6 Å². The maximum atomic E-state index is 13.9. The van der Waals surface area contributed by atoms with Crippen LogP contribution in [0, 0.1) is 12.7 Å². The highest BCUT2D eigenvalue weighted by atomic mass is 19.1. The van der Waals surface area contributed by atoms with Crippen molar-refractivity contribution in [3.8, 4) is 17.1 Å². The van der Waals surface area contributed by atoms with E-state index in [1.807, 2.05) is 6.92 Å². The molecule has 0 unspecified atom stereocenters. The summed E-state index contributed by atoms with van der Waals surface area (Å²) in [5, 5.41) is 12.3. The monoisotopic (exact) mass is 279 g/mol. The zero-order valence-electron chi connectivity index (χ0n) is 11.4. The van der Waals surface area contributed by atoms with Crippen molar-refractivity contribution in [2.24, 2.45) is 0 Å². The van der Waals surface area contributed by atoms with Crippen molar-refractivity contribution in [3.05, 3.63) is 34.8 Å². The van der Waals surface area contributed by atoms with E-state index in [0.29, 0.717) is 23.3 Å². The van der Waals surface area contributed by atoms with Crippen LogP contribution in [0.2, 0.25) is 0 Å². The van der Waals surface area contributed by atoms with Crippen LogP contribution in [-0.2, 0) is 6.42 Å². The predicted octanol–water partition coefficient (Wildman–Crippen LogP) is 3.06. The molecule has 1 aromatic carbocycles. The fourth-order valence-corrected chi connectivity index (χ4v) is 2.13. The minimum atomic E-state index is -1.20. The number of ether oxygens (including phenoxy) is 1. The first-order valence-electron chi connectivity index (χ1n) is 6.05. The summed E-state index contributed by atoms with van der Waals surface area (Å²) in [6, 6.07) is 2.58. The molecular weight excluding hydrogens is 265 g/mol. The summed E-state index contributed by atoms with van der Waals surface area (Å²) in [4.78, 5) is 10.8. The number of benzene rings is 1. The van der Waals surface area contributed by atoms with Crippen molar-refractivity contribution in [1.29, 1.82) is 0 Å². The molecule has 0 radical (unpaired) electrons. The highest BCUT2D eigenvalue weighted by molar-refractivity contribution is 5.86. The third-order valence-corrected chi connectivity index (χ3v) is 3.12. The van der Waals surface area contributed by atoms with Gasteiger partial charge >= 0.3 is 5.97 Å². The van der Waals surface area contributed by atoms with Crippen LogP contribution in [0.5, 0.6) is 5.75 Å². The van der Waals surface area contributed by atoms with Gasteiger partial charge in [-0.05, 0) is 19.4 Å². The van der Waals surface area contributed by atoms with Gasteiger partial charge in [0.05, 0.1) is 7.11 Å². The Morgan fingerprint density at radius 2 is 2.20 bits per heavy atom. The second kappa shape index (κ2) is 5.32. The number of halogens is 1. The van der Waals surface area contributed by atoms with E-state index in [0.717, 1.165) is 5.56 Å². The highest BCUT2D eigenvalue weighted by Crippen LogP contribution is 2.35. The van der Waals surface area contributed by atoms with E-state index in [9.17, 15) is 9.18 Å². The van der Waals surface area contributed by atoms with Crippen LogP contribution in [0.3, 0.4) is 0 Å². The van der Waals surface area contributed by atoms with E-state index in [4.69, 9.17) is 14.4 Å². The SMILES string of the molecule is CCc1c(-c2cc(C(=O)O)no2)cc(F)c(C)c1OC. The lowest BCUT2D eigenvalue weighted by atomic mass is 9.98. The molecule has 0 atom stereocenters. The molecule has 0 aliphatic carbocycles. The number of carboxylic acid groups (broad SMARTS) is 1. The highest BCUT2D eigenvalue weighted by Gasteiger charge is 2.20. The van der Waals surface area contributed by atoms with Gasteiger partial charge in [0.25, 0.3) is 0 Å². The molecule has 106 valence electrons. The zero-order chi connectivity index (χ0) is 14.9. The third kappa shape index (κ3) is 2.24. The van der Waals surface area contributed by atoms with Crippen LogP contribution < -0.4 is 4.74 Å². The second-order valence-corrected chi connectivity index (χ2v) is 4.28. The van der Waals surface area contributed by atoms with E-state index in [1.165, 1.54) is 19.2 Å². The van der Waals surface area contributed by atoms with Gasteiger partial charge in [-0.25, -0.2) is 9.18 Å². The molecule has 0 saturated carbocycles. The van der Waals surface area contributed by atoms with Gasteiger partial charge in [0.1, 0.15) is 11.6 Å². The second-order valence-electron chi connectivity index (χ2n) is 4.28. The summed E-state index contributed by atoms with van der Waals surface area (Å²) in [5.41, 5.74) is 1.39. The Kier molecular flexibility index (Phi) is 3.74. The van der Waals surface area contributed by atoms with Gasteiger partial charge in [0.15, 0.2) is 11.5 Å². The van der Waals surface area contributed by atoms with Crippen LogP contribution >= 0.6 is 0 Å². The quantitative estimate of drug-likeness (QED) is 0.931. The lowest BCUT2D eigenvalue weighted by Crippen LogP contribution is -1.99. The van der Waals surface area contributed by atoms with Crippen molar-refractivity contribution < 1.29 is 23.6 Å². The Balaban J connectivity index is 2.66. The Hall–Kier alpha value is -2.37. The van der Waals surface area contributed by atoms with E-state index in [2.05, 4.69) is 5.16 Å². The smallest absolute Gasteiger partial charge is 0.358 e. The molecule has 1 heterocycles. The first-order chi connectivity index (χ1) is 9.49. The van der Waals surface area contributed by atoms with Gasteiger partial charge in [-0.2, -0.15) is 0 Å². The Morgan fingerprint density at radius 1 is 1.50 bits per heavy atom. The van der Waals surface area contributed by atoms with E-state index >= 15 is 0 Å². The van der Waals surface area contributed by atoms with Crippen LogP contribution in [0.25, 0.3) is 11.3 Å². The molecule has 2 aromatic rings. The molecule has 0 bridgehead atoms. The van der Waals surface area contributed by atoms with Crippen LogP contribution in [0.15, 0.2) is 16.7 Å². The number of methoxy groups -OCH3 is 1. The van der Waals surface area contributed by atoms with E-state index in [-0.39, 0.29) is 11.5 Å². The number of hydrogen-bond acceptors (Lipinski definition) is 4. The molecule has 1 N–H and O–H groups in total. The molecule has 6 heteroatoms. The maximum absolute atomic E-state index is 13.9. The van der Waals surface area contributed by atoms with Crippen molar-refractivity contribution in [2.45, 2.75) is 20.3 Å². The molecule has 1 aromatic heterocycles. The molecular formula is C14H14FNO4. The predicted molar refractivity (Wildman–Crippen MR) is 69.5 cm³/mol. The first-order valence-corrected chi connectivity index (χ1v) is 6.05. The van der Waals surface area contributed by atoms with Gasteiger partial charge in [0, 0.05) is 22.8 Å². The molecule has 2 rings (SSSR count). The average molecular weight is 279 g/mol. The molecule has 0 aliphatic heterocycles. The lowest BCUT2D eigenvalue weighted by Gasteiger charge is -2.14. The molecule has 0 saturated heterocycles. The summed E-state index contributed by atoms with van der Waals surface area (Å²) >= 11 is 0. The van der Waals surface area contributed by atoms with Crippen LogP contribution in [0.1, 0.15) is 28.5 Å². The molecule has 0 spiro atoms. The Labute approximate surface area is 115 Å². The third-order valence-electron chi connectivity index (χ3n) is 3.12. The van der Waals surface area contributed by atoms with Gasteiger partial charge in [-0.3, -0.25) is 0 Å². The minimum absolute atomic E-state index is 0.205. The fraction of sp³-hybridized carbons (Fsp3) is 0.286. The van der Waals surface area contributed by atoms with Crippen molar-refractivity contribution in [3.63, 3.8) is 0 Å². The van der Waals surface area contributed by atoms with Gasteiger partial charge in [-0.15, -0.1) is 0 Å². The fourth-order valence-electron chi connectivity index (χ4n) is 2.13. The van der Waals surface area contributed by atoms with Crippen molar-refractivity contribution >= 4 is 5.97 Å². The van der Waals surface area contributed by atoms with Crippen LogP contribution in [0.4, 0.5) is 4.39 Å². The summed E-state index contributed by atoms with van der Waals surface area (Å²) in [7, 11) is 1.47. The van der Waals surface area contributed by atoms with Crippen molar-refractivity contribution in [1.82, 2.24) is 5.16 Å². The maximum Gasteiger partial charge on any atom is 0.358 e. The average Bonchev–Trinajstić information content (AvgIpc) is 2.90. The van der Waals surface area contributed by atoms with Crippen molar-refractivity contribution in [2.75, 3.05) is 7.11 Å². The minimum Gasteiger partial charge on any atom is -0.496 e. The number of aromatic carboxylic acids is 1. The first kappa shape index (κ1) is 14.0. The molecule has 0 aliphatic rings. The largest absolute Gasteiger partial charge is 0.496 e. The molecule has 0 amide bonds. The number of aromatic nitrogens is 1. The molecule has 0 fully saturated rings. The molecule has 5 nitrogen and oxygen atoms in total. The number of nitrogens with zero attached hydrogens (tertiary/aromatic N) is 1. The number of hydrogen-bond donors (Lipinski definition) is 1. The number of rotatable bonds is 4. The zero-order valence-corrected chi connectivity index (χ0v) is 11.4. The van der Waals surface area contributed by atoms with Crippen LogP contribution in [-0.4, -0.2) is 23.3 Å². The standard InChI is InChI=1S/C14H14FNO4/c1-4-8-9(5-10(15)7(2)13(8)19-3)12-6-11(14(17)18)16-20-12/h5-6H,4H2,1-3H3,(H,17,18).